The second-order valence-electron chi connectivity index (χ2n) is 7.29. The molecule has 1 heterocycles. The number of carbonyl (C=O) groups excluding carboxylic acids is 2. The largest absolute Gasteiger partial charge is 0.497 e. The van der Waals surface area contributed by atoms with Gasteiger partial charge in [-0.25, -0.2) is 4.39 Å². The third-order valence-electron chi connectivity index (χ3n) is 5.12. The van der Waals surface area contributed by atoms with Crippen molar-refractivity contribution in [1.82, 2.24) is 4.90 Å². The number of methoxy groups -OCH3 is 1. The molecule has 3 aromatic rings. The number of nitrogens with zero attached hydrogens (tertiary/aromatic N) is 1. The van der Waals surface area contributed by atoms with Gasteiger partial charge in [-0.3, -0.25) is 14.5 Å². The fraction of sp³-hybridized carbons (Fsp3) is 0.120. The number of amides is 2. The third-order valence-corrected chi connectivity index (χ3v) is 5.12. The van der Waals surface area contributed by atoms with E-state index in [1.807, 2.05) is 31.2 Å². The number of rotatable bonds is 6. The van der Waals surface area contributed by atoms with Crippen molar-refractivity contribution in [1.29, 1.82) is 0 Å². The quantitative estimate of drug-likeness (QED) is 0.600. The fourth-order valence-corrected chi connectivity index (χ4v) is 3.41. The second kappa shape index (κ2) is 8.44. The van der Waals surface area contributed by atoms with E-state index in [0.29, 0.717) is 17.0 Å². The zero-order chi connectivity index (χ0) is 22.0. The van der Waals surface area contributed by atoms with Gasteiger partial charge in [0.2, 0.25) is 0 Å². The number of hydrogen-bond donors (Lipinski definition) is 1. The first kappa shape index (κ1) is 20.3. The molecule has 2 amide bonds. The number of benzene rings is 3. The highest BCUT2D eigenvalue weighted by Gasteiger charge is 2.39. The summed E-state index contributed by atoms with van der Waals surface area (Å²) in [5.74, 6) is -0.593. The van der Waals surface area contributed by atoms with Gasteiger partial charge in [0.1, 0.15) is 17.3 Å². The van der Waals surface area contributed by atoms with E-state index >= 15 is 0 Å². The molecule has 6 heteroatoms. The summed E-state index contributed by atoms with van der Waals surface area (Å²) in [4.78, 5) is 27.7. The molecule has 4 rings (SSSR count). The number of hydrogen-bond acceptors (Lipinski definition) is 4. The lowest BCUT2D eigenvalue weighted by molar-refractivity contribution is -0.137. The van der Waals surface area contributed by atoms with E-state index in [1.54, 1.807) is 31.4 Å². The maximum absolute atomic E-state index is 13.5. The van der Waals surface area contributed by atoms with Crippen molar-refractivity contribution in [2.24, 2.45) is 0 Å². The van der Waals surface area contributed by atoms with Crippen LogP contribution in [0.4, 0.5) is 10.1 Å². The summed E-state index contributed by atoms with van der Waals surface area (Å²) in [5.41, 5.74) is 3.42. The number of imide groups is 1. The highest BCUT2D eigenvalue weighted by atomic mass is 19.1. The lowest BCUT2D eigenvalue weighted by Gasteiger charge is -2.15. The van der Waals surface area contributed by atoms with Crippen molar-refractivity contribution in [2.75, 3.05) is 12.4 Å². The first-order valence-corrected chi connectivity index (χ1v) is 9.79. The molecule has 0 fully saturated rings. The number of nitrogens with one attached hydrogen (secondary N) is 1. The Morgan fingerprint density at radius 1 is 0.871 bits per heavy atom. The molecule has 3 aromatic carbocycles. The van der Waals surface area contributed by atoms with E-state index in [0.717, 1.165) is 11.1 Å². The Hall–Kier alpha value is -3.93. The molecular weight excluding hydrogens is 395 g/mol. The number of carbonyl (C=O) groups is 2. The zero-order valence-electron chi connectivity index (χ0n) is 17.2. The normalized spacial score (nSPS) is 13.7. The Morgan fingerprint density at radius 3 is 2.13 bits per heavy atom. The molecule has 5 nitrogen and oxygen atoms in total. The Balaban J connectivity index is 1.71. The SMILES string of the molecule is COc1ccc(NC2=C(c3ccc(F)cc3)C(=O)N(Cc3ccc(C)cc3)C2=O)cc1. The van der Waals surface area contributed by atoms with Crippen LogP contribution in [0.15, 0.2) is 78.5 Å². The summed E-state index contributed by atoms with van der Waals surface area (Å²) in [6.45, 7) is 2.12. The minimum Gasteiger partial charge on any atom is -0.497 e. The van der Waals surface area contributed by atoms with Crippen molar-refractivity contribution in [3.63, 3.8) is 0 Å². The van der Waals surface area contributed by atoms with Crippen molar-refractivity contribution in [2.45, 2.75) is 13.5 Å². The van der Waals surface area contributed by atoms with E-state index in [-0.39, 0.29) is 17.8 Å². The van der Waals surface area contributed by atoms with Crippen LogP contribution < -0.4 is 10.1 Å². The van der Waals surface area contributed by atoms with Crippen molar-refractivity contribution >= 4 is 23.1 Å². The maximum atomic E-state index is 13.5. The number of aryl methyl sites for hydroxylation is 1. The summed E-state index contributed by atoms with van der Waals surface area (Å²) in [6, 6.07) is 20.2. The van der Waals surface area contributed by atoms with E-state index in [9.17, 15) is 14.0 Å². The van der Waals surface area contributed by atoms with Gasteiger partial charge < -0.3 is 10.1 Å². The Morgan fingerprint density at radius 2 is 1.52 bits per heavy atom. The molecule has 0 aromatic heterocycles. The lowest BCUT2D eigenvalue weighted by Crippen LogP contribution is -2.32. The Kier molecular flexibility index (Phi) is 5.54. The van der Waals surface area contributed by atoms with Gasteiger partial charge in [-0.05, 0) is 54.4 Å². The molecule has 1 aliphatic rings. The molecule has 0 spiro atoms. The topological polar surface area (TPSA) is 58.6 Å². The van der Waals surface area contributed by atoms with Gasteiger partial charge in [-0.2, -0.15) is 0 Å². The van der Waals surface area contributed by atoms with Gasteiger partial charge in [0, 0.05) is 5.69 Å². The van der Waals surface area contributed by atoms with Gasteiger partial charge in [0.25, 0.3) is 11.8 Å². The number of halogens is 1. The average molecular weight is 416 g/mol. The lowest BCUT2D eigenvalue weighted by atomic mass is 10.0. The number of anilines is 1. The highest BCUT2D eigenvalue weighted by Crippen LogP contribution is 2.32. The van der Waals surface area contributed by atoms with E-state index in [1.165, 1.54) is 29.2 Å². The molecule has 0 bridgehead atoms. The standard InChI is InChI=1S/C25H21FN2O3/c1-16-3-5-17(6-4-16)15-28-24(29)22(18-7-9-19(26)10-8-18)23(25(28)30)27-20-11-13-21(31-2)14-12-20/h3-14,27H,15H2,1-2H3. The monoisotopic (exact) mass is 416 g/mol. The van der Waals surface area contributed by atoms with Crippen LogP contribution in [0.3, 0.4) is 0 Å². The van der Waals surface area contributed by atoms with Gasteiger partial charge in [0.05, 0.1) is 19.2 Å². The molecule has 0 aliphatic carbocycles. The van der Waals surface area contributed by atoms with Crippen LogP contribution in [0.2, 0.25) is 0 Å². The van der Waals surface area contributed by atoms with Crippen LogP contribution >= 0.6 is 0 Å². The zero-order valence-corrected chi connectivity index (χ0v) is 17.2. The van der Waals surface area contributed by atoms with Crippen LogP contribution in [-0.4, -0.2) is 23.8 Å². The summed E-state index contributed by atoms with van der Waals surface area (Å²) in [7, 11) is 1.57. The predicted molar refractivity (Wildman–Crippen MR) is 117 cm³/mol. The molecule has 156 valence electrons. The summed E-state index contributed by atoms with van der Waals surface area (Å²) in [6.07, 6.45) is 0. The van der Waals surface area contributed by atoms with Crippen molar-refractivity contribution in [3.8, 4) is 5.75 Å². The molecule has 31 heavy (non-hydrogen) atoms. The van der Waals surface area contributed by atoms with Crippen molar-refractivity contribution < 1.29 is 18.7 Å². The summed E-state index contributed by atoms with van der Waals surface area (Å²) >= 11 is 0. The van der Waals surface area contributed by atoms with Crippen LogP contribution in [0, 0.1) is 12.7 Å². The molecule has 0 unspecified atom stereocenters. The minimum atomic E-state index is -0.430. The smallest absolute Gasteiger partial charge is 0.278 e. The Bertz CT molecular complexity index is 1150. The first-order valence-electron chi connectivity index (χ1n) is 9.79. The van der Waals surface area contributed by atoms with E-state index in [4.69, 9.17) is 4.74 Å². The molecule has 1 aliphatic heterocycles. The molecular formula is C25H21FN2O3. The van der Waals surface area contributed by atoms with Gasteiger partial charge in [0.15, 0.2) is 0 Å². The predicted octanol–water partition coefficient (Wildman–Crippen LogP) is 4.53. The summed E-state index contributed by atoms with van der Waals surface area (Å²) in [5, 5.41) is 3.08. The van der Waals surface area contributed by atoms with Gasteiger partial charge >= 0.3 is 0 Å². The first-order chi connectivity index (χ1) is 15.0. The molecule has 0 atom stereocenters. The summed E-state index contributed by atoms with van der Waals surface area (Å²) < 4.78 is 18.6. The van der Waals surface area contributed by atoms with Gasteiger partial charge in [-0.15, -0.1) is 0 Å². The highest BCUT2D eigenvalue weighted by molar-refractivity contribution is 6.36. The second-order valence-corrected chi connectivity index (χ2v) is 7.29. The van der Waals surface area contributed by atoms with Crippen LogP contribution in [0.25, 0.3) is 5.57 Å². The molecule has 0 radical (unpaired) electrons. The van der Waals surface area contributed by atoms with Crippen LogP contribution in [0.1, 0.15) is 16.7 Å². The fourth-order valence-electron chi connectivity index (χ4n) is 3.41. The molecule has 0 saturated carbocycles. The van der Waals surface area contributed by atoms with E-state index < -0.39 is 17.6 Å². The number of ether oxygens (including phenoxy) is 1. The van der Waals surface area contributed by atoms with Crippen molar-refractivity contribution in [3.05, 3.63) is 101 Å². The minimum absolute atomic E-state index is 0.149. The molecule has 0 saturated heterocycles. The molecule has 1 N–H and O–H groups in total. The Labute approximate surface area is 179 Å². The third kappa shape index (κ3) is 4.19. The maximum Gasteiger partial charge on any atom is 0.278 e. The van der Waals surface area contributed by atoms with Crippen LogP contribution in [0.5, 0.6) is 5.75 Å². The average Bonchev–Trinajstić information content (AvgIpc) is 3.00. The van der Waals surface area contributed by atoms with E-state index in [2.05, 4.69) is 5.32 Å². The van der Waals surface area contributed by atoms with Gasteiger partial charge in [-0.1, -0.05) is 42.0 Å². The van der Waals surface area contributed by atoms with Crippen LogP contribution in [-0.2, 0) is 16.1 Å².